The Morgan fingerprint density at radius 1 is 0.730 bits per heavy atom. The highest BCUT2D eigenvalue weighted by Gasteiger charge is 2.31. The lowest BCUT2D eigenvalue weighted by atomic mass is 10.1. The first-order chi connectivity index (χ1) is 17.7. The monoisotopic (exact) mass is 524 g/mol. The zero-order valence-electron chi connectivity index (χ0n) is 19.1. The number of alkyl halides is 3. The maximum atomic E-state index is 13.9. The van der Waals surface area contributed by atoms with Crippen molar-refractivity contribution < 1.29 is 27.2 Å². The van der Waals surface area contributed by atoms with Crippen molar-refractivity contribution >= 4 is 35.0 Å². The number of amides is 2. The summed E-state index contributed by atoms with van der Waals surface area (Å²) < 4.78 is 53.1. The zero-order chi connectivity index (χ0) is 26.4. The molecule has 0 saturated heterocycles. The second kappa shape index (κ2) is 11.3. The van der Waals surface area contributed by atoms with E-state index in [0.29, 0.717) is 16.1 Å². The summed E-state index contributed by atoms with van der Waals surface area (Å²) in [5.41, 5.74) is 0.183. The zero-order valence-corrected chi connectivity index (χ0v) is 19.9. The van der Waals surface area contributed by atoms with Gasteiger partial charge in [-0.25, -0.2) is 4.39 Å². The van der Waals surface area contributed by atoms with Crippen molar-refractivity contribution in [3.05, 3.63) is 126 Å². The average Bonchev–Trinajstić information content (AvgIpc) is 2.88. The van der Waals surface area contributed by atoms with Crippen LogP contribution >= 0.6 is 11.8 Å². The summed E-state index contributed by atoms with van der Waals surface area (Å²) in [6.45, 7) is 0. The van der Waals surface area contributed by atoms with E-state index in [1.807, 2.05) is 0 Å². The topological polar surface area (TPSA) is 58.2 Å². The van der Waals surface area contributed by atoms with E-state index in [-0.39, 0.29) is 11.3 Å². The highest BCUT2D eigenvalue weighted by atomic mass is 32.2. The van der Waals surface area contributed by atoms with Crippen molar-refractivity contribution in [1.82, 2.24) is 0 Å². The lowest BCUT2D eigenvalue weighted by Crippen LogP contribution is -2.19. The molecule has 4 aromatic rings. The van der Waals surface area contributed by atoms with Crippen LogP contribution in [-0.2, 0) is 11.0 Å². The molecule has 4 aromatic carbocycles. The Morgan fingerprint density at radius 2 is 1.41 bits per heavy atom. The largest absolute Gasteiger partial charge is 0.416 e. The molecule has 0 aliphatic carbocycles. The summed E-state index contributed by atoms with van der Waals surface area (Å²) in [7, 11) is 0. The smallest absolute Gasteiger partial charge is 0.325 e. The summed E-state index contributed by atoms with van der Waals surface area (Å²) in [5.74, 6) is -1.72. The maximum absolute atomic E-state index is 13.9. The minimum absolute atomic E-state index is 0.0348. The Morgan fingerprint density at radius 3 is 2.08 bits per heavy atom. The van der Waals surface area contributed by atoms with Crippen LogP contribution in [0.3, 0.4) is 0 Å². The van der Waals surface area contributed by atoms with E-state index in [1.54, 1.807) is 60.7 Å². The molecule has 0 heterocycles. The molecule has 188 valence electrons. The van der Waals surface area contributed by atoms with Gasteiger partial charge in [0.25, 0.3) is 5.91 Å². The molecule has 0 radical (unpaired) electrons. The molecule has 2 amide bonds. The summed E-state index contributed by atoms with van der Waals surface area (Å²) in [5, 5.41) is 4.44. The van der Waals surface area contributed by atoms with Gasteiger partial charge in [0, 0.05) is 16.3 Å². The number of hydrogen-bond acceptors (Lipinski definition) is 3. The van der Waals surface area contributed by atoms with Gasteiger partial charge in [-0.1, -0.05) is 48.5 Å². The van der Waals surface area contributed by atoms with Crippen molar-refractivity contribution in [2.24, 2.45) is 0 Å². The molecular weight excluding hydrogens is 504 g/mol. The van der Waals surface area contributed by atoms with E-state index >= 15 is 0 Å². The molecule has 2 N–H and O–H groups in total. The van der Waals surface area contributed by atoms with Gasteiger partial charge in [0.05, 0.1) is 11.1 Å². The van der Waals surface area contributed by atoms with Crippen molar-refractivity contribution in [2.75, 3.05) is 10.6 Å². The molecule has 0 spiro atoms. The van der Waals surface area contributed by atoms with E-state index in [4.69, 9.17) is 0 Å². The predicted octanol–water partition coefficient (Wildman–Crippen LogP) is 7.57. The fourth-order valence-corrected chi connectivity index (χ4v) is 4.50. The Bertz CT molecular complexity index is 1390. The lowest BCUT2D eigenvalue weighted by molar-refractivity contribution is -0.137. The first-order valence-corrected chi connectivity index (χ1v) is 11.9. The molecule has 0 aliphatic heterocycles. The van der Waals surface area contributed by atoms with E-state index in [9.17, 15) is 27.2 Å². The molecule has 0 fully saturated rings. The number of carbonyl (C=O) groups is 2. The third-order valence-electron chi connectivity index (χ3n) is 5.28. The van der Waals surface area contributed by atoms with Crippen molar-refractivity contribution in [1.29, 1.82) is 0 Å². The van der Waals surface area contributed by atoms with Crippen LogP contribution in [-0.4, -0.2) is 11.8 Å². The van der Waals surface area contributed by atoms with Crippen molar-refractivity contribution in [3.8, 4) is 0 Å². The number of nitrogens with one attached hydrogen (secondary N) is 2. The third kappa shape index (κ3) is 6.77. The summed E-state index contributed by atoms with van der Waals surface area (Å²) in [6.07, 6.45) is -4.53. The van der Waals surface area contributed by atoms with Crippen LogP contribution in [0.2, 0.25) is 0 Å². The molecule has 0 aliphatic rings. The minimum Gasteiger partial charge on any atom is -0.325 e. The molecule has 1 unspecified atom stereocenters. The number of rotatable bonds is 7. The van der Waals surface area contributed by atoms with Crippen LogP contribution in [0.4, 0.5) is 28.9 Å². The van der Waals surface area contributed by atoms with Gasteiger partial charge in [-0.05, 0) is 60.2 Å². The fourth-order valence-electron chi connectivity index (χ4n) is 3.48. The summed E-state index contributed by atoms with van der Waals surface area (Å²) in [6, 6.07) is 25.5. The number of halogens is 4. The van der Waals surface area contributed by atoms with E-state index in [0.717, 1.165) is 12.1 Å². The summed E-state index contributed by atoms with van der Waals surface area (Å²) >= 11 is 1.20. The second-order valence-corrected chi connectivity index (χ2v) is 9.11. The van der Waals surface area contributed by atoms with Gasteiger partial charge >= 0.3 is 6.18 Å². The molecule has 4 nitrogen and oxygen atoms in total. The molecular formula is C28H20F4N2O2S. The molecule has 37 heavy (non-hydrogen) atoms. The molecule has 1 atom stereocenters. The predicted molar refractivity (Wildman–Crippen MR) is 136 cm³/mol. The number of anilines is 2. The first-order valence-electron chi connectivity index (χ1n) is 11.1. The molecule has 4 rings (SSSR count). The molecule has 0 saturated carbocycles. The first kappa shape index (κ1) is 26.0. The van der Waals surface area contributed by atoms with Gasteiger partial charge in [-0.15, -0.1) is 11.8 Å². The van der Waals surface area contributed by atoms with Gasteiger partial charge in [-0.2, -0.15) is 13.2 Å². The lowest BCUT2D eigenvalue weighted by Gasteiger charge is -2.18. The normalized spacial score (nSPS) is 12.0. The van der Waals surface area contributed by atoms with Crippen LogP contribution < -0.4 is 10.6 Å². The van der Waals surface area contributed by atoms with Crippen LogP contribution in [0.15, 0.2) is 108 Å². The van der Waals surface area contributed by atoms with Crippen LogP contribution in [0.1, 0.15) is 26.7 Å². The minimum atomic E-state index is -4.53. The third-order valence-corrected chi connectivity index (χ3v) is 6.55. The van der Waals surface area contributed by atoms with Crippen LogP contribution in [0.25, 0.3) is 0 Å². The SMILES string of the molecule is O=C(Nc1ccc(SC(C(=O)Nc2cccc(C(F)(F)F)c2)c2ccccc2)cc1)c1ccccc1F. The highest BCUT2D eigenvalue weighted by molar-refractivity contribution is 8.00. The van der Waals surface area contributed by atoms with Crippen molar-refractivity contribution in [3.63, 3.8) is 0 Å². The molecule has 0 bridgehead atoms. The number of thioether (sulfide) groups is 1. The molecule has 9 heteroatoms. The van der Waals surface area contributed by atoms with Gasteiger partial charge in [0.2, 0.25) is 5.91 Å². The molecule has 0 aromatic heterocycles. The Hall–Kier alpha value is -4.11. The number of carbonyl (C=O) groups excluding carboxylic acids is 2. The fraction of sp³-hybridized carbons (Fsp3) is 0.0714. The van der Waals surface area contributed by atoms with Crippen LogP contribution in [0.5, 0.6) is 0 Å². The van der Waals surface area contributed by atoms with E-state index < -0.39 is 34.6 Å². The van der Waals surface area contributed by atoms with Gasteiger partial charge in [0.1, 0.15) is 11.1 Å². The standard InChI is InChI=1S/C28H20F4N2O2S/c29-24-12-5-4-11-23(24)26(35)33-20-13-15-22(16-14-20)37-25(18-7-2-1-3-8-18)27(36)34-21-10-6-9-19(17-21)28(30,31)32/h1-17,25H,(H,33,35)(H,34,36). The van der Waals surface area contributed by atoms with Gasteiger partial charge < -0.3 is 10.6 Å². The van der Waals surface area contributed by atoms with Crippen LogP contribution in [0, 0.1) is 5.82 Å². The Balaban J connectivity index is 1.50. The quantitative estimate of drug-likeness (QED) is 0.194. The number of benzene rings is 4. The number of hydrogen-bond donors (Lipinski definition) is 2. The van der Waals surface area contributed by atoms with E-state index in [1.165, 1.54) is 42.1 Å². The average molecular weight is 525 g/mol. The maximum Gasteiger partial charge on any atom is 0.416 e. The van der Waals surface area contributed by atoms with E-state index in [2.05, 4.69) is 10.6 Å². The van der Waals surface area contributed by atoms with Gasteiger partial charge in [-0.3, -0.25) is 9.59 Å². The Kier molecular flexibility index (Phi) is 7.93. The highest BCUT2D eigenvalue weighted by Crippen LogP contribution is 2.37. The van der Waals surface area contributed by atoms with Gasteiger partial charge in [0.15, 0.2) is 0 Å². The summed E-state index contributed by atoms with van der Waals surface area (Å²) in [4.78, 5) is 26.2. The van der Waals surface area contributed by atoms with Crippen molar-refractivity contribution in [2.45, 2.75) is 16.3 Å². The Labute approximate surface area is 214 Å². The second-order valence-electron chi connectivity index (χ2n) is 7.93.